The first-order valence-electron chi connectivity index (χ1n) is 7.44. The number of halogens is 1. The monoisotopic (exact) mass is 366 g/mol. The third kappa shape index (κ3) is 5.63. The largest absolute Gasteiger partial charge is 0.352 e. The highest BCUT2D eigenvalue weighted by molar-refractivity contribution is 7.89. The smallest absolute Gasteiger partial charge is 0.240 e. The van der Waals surface area contributed by atoms with E-state index in [2.05, 4.69) is 10.0 Å². The maximum Gasteiger partial charge on any atom is 0.240 e. The molecule has 0 bridgehead atoms. The molecule has 7 heteroatoms. The molecule has 0 unspecified atom stereocenters. The van der Waals surface area contributed by atoms with Gasteiger partial charge in [0.1, 0.15) is 0 Å². The van der Waals surface area contributed by atoms with Gasteiger partial charge in [0.2, 0.25) is 15.9 Å². The molecule has 0 atom stereocenters. The van der Waals surface area contributed by atoms with Crippen molar-refractivity contribution in [2.24, 2.45) is 0 Å². The lowest BCUT2D eigenvalue weighted by atomic mass is 10.2. The van der Waals surface area contributed by atoms with Crippen molar-refractivity contribution in [3.8, 4) is 0 Å². The van der Waals surface area contributed by atoms with Gasteiger partial charge < -0.3 is 5.32 Å². The highest BCUT2D eigenvalue weighted by atomic mass is 35.5. The molecule has 0 saturated carbocycles. The van der Waals surface area contributed by atoms with Gasteiger partial charge in [-0.15, -0.1) is 0 Å². The number of hydrogen-bond acceptors (Lipinski definition) is 3. The van der Waals surface area contributed by atoms with Crippen LogP contribution in [-0.4, -0.2) is 20.9 Å². The minimum Gasteiger partial charge on any atom is -0.352 e. The van der Waals surface area contributed by atoms with E-state index in [1.165, 1.54) is 12.1 Å². The Balaban J connectivity index is 1.77. The predicted octanol–water partition coefficient (Wildman–Crippen LogP) is 2.63. The van der Waals surface area contributed by atoms with Gasteiger partial charge in [-0.25, -0.2) is 13.1 Å². The van der Waals surface area contributed by atoms with Crippen LogP contribution in [0.25, 0.3) is 0 Å². The molecule has 0 spiro atoms. The van der Waals surface area contributed by atoms with E-state index >= 15 is 0 Å². The molecule has 2 rings (SSSR count). The number of hydrogen-bond donors (Lipinski definition) is 2. The van der Waals surface area contributed by atoms with Crippen LogP contribution in [0, 0.1) is 6.92 Å². The van der Waals surface area contributed by atoms with Gasteiger partial charge in [-0.3, -0.25) is 4.79 Å². The number of amides is 1. The second kappa shape index (κ2) is 8.28. The van der Waals surface area contributed by atoms with Crippen molar-refractivity contribution in [3.63, 3.8) is 0 Å². The molecule has 0 saturated heterocycles. The van der Waals surface area contributed by atoms with E-state index < -0.39 is 10.0 Å². The van der Waals surface area contributed by atoms with Gasteiger partial charge in [-0.1, -0.05) is 41.4 Å². The number of carbonyl (C=O) groups is 1. The summed E-state index contributed by atoms with van der Waals surface area (Å²) in [6.07, 6.45) is 0.0681. The SMILES string of the molecule is Cc1ccc(S(=O)(=O)NCCC(=O)NCc2ccc(Cl)cc2)cc1. The van der Waals surface area contributed by atoms with Gasteiger partial charge in [0.15, 0.2) is 0 Å². The van der Waals surface area contributed by atoms with E-state index in [1.807, 2.05) is 19.1 Å². The summed E-state index contributed by atoms with van der Waals surface area (Å²) in [6, 6.07) is 13.7. The van der Waals surface area contributed by atoms with Crippen molar-refractivity contribution in [1.29, 1.82) is 0 Å². The molecule has 0 aromatic heterocycles. The third-order valence-corrected chi connectivity index (χ3v) is 5.11. The summed E-state index contributed by atoms with van der Waals surface area (Å²) in [5.41, 5.74) is 1.91. The molecule has 0 aliphatic rings. The van der Waals surface area contributed by atoms with Crippen LogP contribution in [0.4, 0.5) is 0 Å². The topological polar surface area (TPSA) is 75.3 Å². The molecule has 2 N–H and O–H groups in total. The molecule has 0 aliphatic carbocycles. The Morgan fingerprint density at radius 1 is 1.04 bits per heavy atom. The highest BCUT2D eigenvalue weighted by Crippen LogP contribution is 2.10. The fourth-order valence-corrected chi connectivity index (χ4v) is 3.15. The van der Waals surface area contributed by atoms with E-state index in [0.717, 1.165) is 11.1 Å². The van der Waals surface area contributed by atoms with Crippen LogP contribution in [-0.2, 0) is 21.4 Å². The van der Waals surface area contributed by atoms with Gasteiger partial charge in [-0.2, -0.15) is 0 Å². The van der Waals surface area contributed by atoms with Crippen LogP contribution in [0.5, 0.6) is 0 Å². The predicted molar refractivity (Wildman–Crippen MR) is 94.3 cm³/mol. The first-order chi connectivity index (χ1) is 11.4. The fourth-order valence-electron chi connectivity index (χ4n) is 1.99. The molecule has 128 valence electrons. The second-order valence-electron chi connectivity index (χ2n) is 5.36. The molecule has 0 heterocycles. The lowest BCUT2D eigenvalue weighted by Crippen LogP contribution is -2.30. The Morgan fingerprint density at radius 3 is 2.29 bits per heavy atom. The van der Waals surface area contributed by atoms with Gasteiger partial charge >= 0.3 is 0 Å². The molecule has 5 nitrogen and oxygen atoms in total. The summed E-state index contributed by atoms with van der Waals surface area (Å²) in [6.45, 7) is 2.30. The normalized spacial score (nSPS) is 11.2. The molecule has 1 amide bonds. The van der Waals surface area contributed by atoms with Gasteiger partial charge in [0, 0.05) is 24.5 Å². The van der Waals surface area contributed by atoms with Gasteiger partial charge in [-0.05, 0) is 36.8 Å². The van der Waals surface area contributed by atoms with Crippen LogP contribution in [0.15, 0.2) is 53.4 Å². The number of rotatable bonds is 7. The molecular weight excluding hydrogens is 348 g/mol. The summed E-state index contributed by atoms with van der Waals surface area (Å²) in [7, 11) is -3.59. The highest BCUT2D eigenvalue weighted by Gasteiger charge is 2.13. The molecular formula is C17H19ClN2O3S. The van der Waals surface area contributed by atoms with Gasteiger partial charge in [0.05, 0.1) is 4.90 Å². The zero-order chi connectivity index (χ0) is 17.6. The number of benzene rings is 2. The lowest BCUT2D eigenvalue weighted by Gasteiger charge is -2.08. The van der Waals surface area contributed by atoms with Crippen LogP contribution in [0.2, 0.25) is 5.02 Å². The molecule has 0 radical (unpaired) electrons. The zero-order valence-electron chi connectivity index (χ0n) is 13.3. The van der Waals surface area contributed by atoms with Crippen LogP contribution in [0.1, 0.15) is 17.5 Å². The molecule has 2 aromatic rings. The minimum absolute atomic E-state index is 0.0443. The van der Waals surface area contributed by atoms with Crippen molar-refractivity contribution in [2.45, 2.75) is 24.8 Å². The van der Waals surface area contributed by atoms with E-state index in [9.17, 15) is 13.2 Å². The molecule has 2 aromatic carbocycles. The summed E-state index contributed by atoms with van der Waals surface area (Å²) >= 11 is 5.79. The van der Waals surface area contributed by atoms with Crippen molar-refractivity contribution in [1.82, 2.24) is 10.0 Å². The number of nitrogens with one attached hydrogen (secondary N) is 2. The second-order valence-corrected chi connectivity index (χ2v) is 7.57. The van der Waals surface area contributed by atoms with Crippen LogP contribution in [0.3, 0.4) is 0 Å². The summed E-state index contributed by atoms with van der Waals surface area (Å²) in [4.78, 5) is 12.0. The van der Waals surface area contributed by atoms with Gasteiger partial charge in [0.25, 0.3) is 0 Å². The van der Waals surface area contributed by atoms with Crippen LogP contribution >= 0.6 is 11.6 Å². The molecule has 0 fully saturated rings. The zero-order valence-corrected chi connectivity index (χ0v) is 14.8. The van der Waals surface area contributed by atoms with Crippen molar-refractivity contribution in [3.05, 3.63) is 64.7 Å². The van der Waals surface area contributed by atoms with E-state index in [-0.39, 0.29) is 23.8 Å². The summed E-state index contributed by atoms with van der Waals surface area (Å²) < 4.78 is 26.6. The Labute approximate surface area is 147 Å². The number of sulfonamides is 1. The first-order valence-corrected chi connectivity index (χ1v) is 9.30. The lowest BCUT2D eigenvalue weighted by molar-refractivity contribution is -0.121. The maximum atomic E-state index is 12.1. The van der Waals surface area contributed by atoms with Crippen molar-refractivity contribution < 1.29 is 13.2 Å². The van der Waals surface area contributed by atoms with E-state index in [4.69, 9.17) is 11.6 Å². The standard InChI is InChI=1S/C17H19ClN2O3S/c1-13-2-8-16(9-3-13)24(22,23)20-11-10-17(21)19-12-14-4-6-15(18)7-5-14/h2-9,20H,10-12H2,1H3,(H,19,21). The Hall–Kier alpha value is -1.89. The minimum atomic E-state index is -3.59. The number of carbonyl (C=O) groups excluding carboxylic acids is 1. The third-order valence-electron chi connectivity index (χ3n) is 3.38. The molecule has 0 aliphatic heterocycles. The number of aryl methyl sites for hydroxylation is 1. The van der Waals surface area contributed by atoms with E-state index in [0.29, 0.717) is 11.6 Å². The van der Waals surface area contributed by atoms with E-state index in [1.54, 1.807) is 24.3 Å². The average molecular weight is 367 g/mol. The first kappa shape index (κ1) is 18.4. The maximum absolute atomic E-state index is 12.1. The Kier molecular flexibility index (Phi) is 6.36. The molecule has 24 heavy (non-hydrogen) atoms. The Morgan fingerprint density at radius 2 is 1.67 bits per heavy atom. The van der Waals surface area contributed by atoms with Crippen LogP contribution < -0.4 is 10.0 Å². The fraction of sp³-hybridized carbons (Fsp3) is 0.235. The van der Waals surface area contributed by atoms with Crippen molar-refractivity contribution >= 4 is 27.5 Å². The summed E-state index contributed by atoms with van der Waals surface area (Å²) in [5.74, 6) is -0.225. The van der Waals surface area contributed by atoms with Crippen molar-refractivity contribution in [2.75, 3.05) is 6.54 Å². The summed E-state index contributed by atoms with van der Waals surface area (Å²) in [5, 5.41) is 3.37. The quantitative estimate of drug-likeness (QED) is 0.791. The Bertz CT molecular complexity index is 788. The average Bonchev–Trinajstić information content (AvgIpc) is 2.54.